The minimum absolute atomic E-state index is 0.218. The van der Waals surface area contributed by atoms with Gasteiger partial charge in [0.1, 0.15) is 0 Å². The highest BCUT2D eigenvalue weighted by molar-refractivity contribution is 6.31. The molecule has 2 heterocycles. The molecular formula is C26H19ClN4O2. The van der Waals surface area contributed by atoms with Crippen molar-refractivity contribution in [2.24, 2.45) is 4.99 Å². The standard InChI is InChI=1S/C26H19ClN4O2/c1-15-4-2-3-5-20(15)24-22-12-18(27)8-11-21(22)23-17(13-28-24)14-29-26(31-23)30-19-9-6-16(7-10-19)25(32)33/h2-12,14H,13H2,1H3,(H,32,33)(H,29,30,31). The number of carboxylic acids is 1. The first-order chi connectivity index (χ1) is 16.0. The lowest BCUT2D eigenvalue weighted by molar-refractivity contribution is 0.0697. The summed E-state index contributed by atoms with van der Waals surface area (Å²) in [6.07, 6.45) is 1.78. The zero-order valence-electron chi connectivity index (χ0n) is 17.7. The SMILES string of the molecule is Cc1ccccc1C1=NCc2cnc(Nc3ccc(C(=O)O)cc3)nc2-c2ccc(Cl)cc21. The minimum atomic E-state index is -0.970. The molecule has 1 aromatic heterocycles. The van der Waals surface area contributed by atoms with Gasteiger partial charge in [0.05, 0.1) is 23.5 Å². The van der Waals surface area contributed by atoms with E-state index in [2.05, 4.69) is 29.4 Å². The van der Waals surface area contributed by atoms with Crippen LogP contribution in [-0.4, -0.2) is 26.8 Å². The van der Waals surface area contributed by atoms with Crippen molar-refractivity contribution >= 4 is 34.9 Å². The molecular weight excluding hydrogens is 436 g/mol. The Balaban J connectivity index is 1.57. The van der Waals surface area contributed by atoms with Gasteiger partial charge in [-0.25, -0.2) is 14.8 Å². The number of halogens is 1. The molecule has 1 aliphatic heterocycles. The largest absolute Gasteiger partial charge is 0.478 e. The van der Waals surface area contributed by atoms with Crippen LogP contribution in [0.3, 0.4) is 0 Å². The first-order valence-electron chi connectivity index (χ1n) is 10.4. The summed E-state index contributed by atoms with van der Waals surface area (Å²) in [5.41, 5.74) is 7.53. The topological polar surface area (TPSA) is 87.5 Å². The van der Waals surface area contributed by atoms with Crippen molar-refractivity contribution in [3.8, 4) is 11.3 Å². The number of aliphatic imine (C=N–C) groups is 1. The molecule has 0 saturated heterocycles. The summed E-state index contributed by atoms with van der Waals surface area (Å²) >= 11 is 6.38. The van der Waals surface area contributed by atoms with Gasteiger partial charge in [-0.2, -0.15) is 0 Å². The molecule has 5 rings (SSSR count). The molecule has 0 aliphatic carbocycles. The lowest BCUT2D eigenvalue weighted by Gasteiger charge is -2.14. The van der Waals surface area contributed by atoms with Gasteiger partial charge in [-0.05, 0) is 48.9 Å². The van der Waals surface area contributed by atoms with Gasteiger partial charge >= 0.3 is 5.97 Å². The van der Waals surface area contributed by atoms with E-state index in [1.165, 1.54) is 12.1 Å². The zero-order chi connectivity index (χ0) is 22.9. The first-order valence-corrected chi connectivity index (χ1v) is 10.7. The van der Waals surface area contributed by atoms with E-state index < -0.39 is 5.97 Å². The summed E-state index contributed by atoms with van der Waals surface area (Å²) in [6, 6.07) is 20.3. The molecule has 6 nitrogen and oxygen atoms in total. The van der Waals surface area contributed by atoms with Crippen LogP contribution < -0.4 is 5.32 Å². The normalized spacial score (nSPS) is 12.2. The average Bonchev–Trinajstić information content (AvgIpc) is 2.96. The highest BCUT2D eigenvalue weighted by Crippen LogP contribution is 2.34. The third kappa shape index (κ3) is 4.08. The number of carbonyl (C=O) groups is 1. The van der Waals surface area contributed by atoms with Crippen LogP contribution in [0.5, 0.6) is 0 Å². The number of carboxylic acid groups (broad SMARTS) is 1. The predicted octanol–water partition coefficient (Wildman–Crippen LogP) is 5.90. The van der Waals surface area contributed by atoms with Gasteiger partial charge in [0.15, 0.2) is 0 Å². The second kappa shape index (κ2) is 8.48. The number of hydrogen-bond donors (Lipinski definition) is 2. The second-order valence-electron chi connectivity index (χ2n) is 7.74. The van der Waals surface area contributed by atoms with Gasteiger partial charge in [0.2, 0.25) is 5.95 Å². The molecule has 3 aromatic carbocycles. The quantitative estimate of drug-likeness (QED) is 0.401. The maximum Gasteiger partial charge on any atom is 0.335 e. The number of aryl methyl sites for hydroxylation is 1. The summed E-state index contributed by atoms with van der Waals surface area (Å²) < 4.78 is 0. The van der Waals surface area contributed by atoms with Crippen molar-refractivity contribution in [3.63, 3.8) is 0 Å². The molecule has 33 heavy (non-hydrogen) atoms. The van der Waals surface area contributed by atoms with Crippen LogP contribution in [-0.2, 0) is 6.54 Å². The van der Waals surface area contributed by atoms with Crippen molar-refractivity contribution in [2.75, 3.05) is 5.32 Å². The number of fused-ring (bicyclic) bond motifs is 3. The highest BCUT2D eigenvalue weighted by Gasteiger charge is 2.22. The number of nitrogens with one attached hydrogen (secondary N) is 1. The fourth-order valence-electron chi connectivity index (χ4n) is 3.88. The monoisotopic (exact) mass is 454 g/mol. The third-order valence-corrected chi connectivity index (χ3v) is 5.79. The first kappa shape index (κ1) is 20.8. The molecule has 0 fully saturated rings. The molecule has 7 heteroatoms. The van der Waals surface area contributed by atoms with Crippen molar-refractivity contribution in [3.05, 3.63) is 106 Å². The number of benzene rings is 3. The lowest BCUT2D eigenvalue weighted by Crippen LogP contribution is -2.07. The molecule has 0 bridgehead atoms. The average molecular weight is 455 g/mol. The molecule has 2 N–H and O–H groups in total. The van der Waals surface area contributed by atoms with Gasteiger partial charge in [-0.1, -0.05) is 41.9 Å². The van der Waals surface area contributed by atoms with Crippen LogP contribution >= 0.6 is 11.6 Å². The molecule has 0 unspecified atom stereocenters. The number of rotatable bonds is 4. The van der Waals surface area contributed by atoms with Crippen molar-refractivity contribution < 1.29 is 9.90 Å². The summed E-state index contributed by atoms with van der Waals surface area (Å²) in [5.74, 6) is -0.556. The molecule has 0 spiro atoms. The Hall–Kier alpha value is -4.03. The van der Waals surface area contributed by atoms with E-state index in [1.807, 2.05) is 30.3 Å². The minimum Gasteiger partial charge on any atom is -0.478 e. The Morgan fingerprint density at radius 2 is 1.79 bits per heavy atom. The van der Waals surface area contributed by atoms with E-state index in [0.29, 0.717) is 23.2 Å². The number of aromatic nitrogens is 2. The Bertz CT molecular complexity index is 1410. The van der Waals surface area contributed by atoms with Crippen LogP contribution in [0.1, 0.15) is 32.6 Å². The Morgan fingerprint density at radius 1 is 1.00 bits per heavy atom. The third-order valence-electron chi connectivity index (χ3n) is 5.55. The van der Waals surface area contributed by atoms with Crippen LogP contribution in [0.4, 0.5) is 11.6 Å². The Morgan fingerprint density at radius 3 is 2.55 bits per heavy atom. The van der Waals surface area contributed by atoms with Crippen LogP contribution in [0.25, 0.3) is 11.3 Å². The maximum absolute atomic E-state index is 11.1. The second-order valence-corrected chi connectivity index (χ2v) is 8.18. The van der Waals surface area contributed by atoms with E-state index in [9.17, 15) is 4.79 Å². The number of aromatic carboxylic acids is 1. The fourth-order valence-corrected chi connectivity index (χ4v) is 4.05. The fraction of sp³-hybridized carbons (Fsp3) is 0.0769. The summed E-state index contributed by atoms with van der Waals surface area (Å²) in [7, 11) is 0. The van der Waals surface area contributed by atoms with E-state index in [4.69, 9.17) is 26.7 Å². The highest BCUT2D eigenvalue weighted by atomic mass is 35.5. The Labute approximate surface area is 195 Å². The molecule has 4 aromatic rings. The van der Waals surface area contributed by atoms with E-state index in [-0.39, 0.29) is 5.56 Å². The van der Waals surface area contributed by atoms with Gasteiger partial charge in [-0.15, -0.1) is 0 Å². The van der Waals surface area contributed by atoms with Crippen molar-refractivity contribution in [2.45, 2.75) is 13.5 Å². The van der Waals surface area contributed by atoms with Gasteiger partial charge in [0.25, 0.3) is 0 Å². The molecule has 0 amide bonds. The molecule has 1 aliphatic rings. The predicted molar refractivity (Wildman–Crippen MR) is 130 cm³/mol. The number of hydrogen-bond acceptors (Lipinski definition) is 5. The lowest BCUT2D eigenvalue weighted by atomic mass is 9.93. The number of anilines is 2. The van der Waals surface area contributed by atoms with Crippen LogP contribution in [0.15, 0.2) is 77.9 Å². The van der Waals surface area contributed by atoms with Gasteiger partial charge in [-0.3, -0.25) is 4.99 Å². The molecule has 162 valence electrons. The summed E-state index contributed by atoms with van der Waals surface area (Å²) in [6.45, 7) is 2.51. The van der Waals surface area contributed by atoms with Gasteiger partial charge in [0, 0.05) is 39.2 Å². The number of nitrogens with zero attached hydrogens (tertiary/aromatic N) is 3. The smallest absolute Gasteiger partial charge is 0.335 e. The summed E-state index contributed by atoms with van der Waals surface area (Å²) in [5, 5.41) is 12.9. The summed E-state index contributed by atoms with van der Waals surface area (Å²) in [4.78, 5) is 25.3. The van der Waals surface area contributed by atoms with Crippen LogP contribution in [0.2, 0.25) is 5.02 Å². The van der Waals surface area contributed by atoms with Crippen LogP contribution in [0, 0.1) is 6.92 Å². The van der Waals surface area contributed by atoms with Crippen molar-refractivity contribution in [1.29, 1.82) is 0 Å². The molecule has 0 saturated carbocycles. The van der Waals surface area contributed by atoms with Crippen molar-refractivity contribution in [1.82, 2.24) is 9.97 Å². The van der Waals surface area contributed by atoms with E-state index >= 15 is 0 Å². The Kier molecular flexibility index (Phi) is 5.36. The van der Waals surface area contributed by atoms with E-state index in [1.54, 1.807) is 18.3 Å². The van der Waals surface area contributed by atoms with E-state index in [0.717, 1.165) is 39.2 Å². The molecule has 0 radical (unpaired) electrons. The molecule has 0 atom stereocenters. The van der Waals surface area contributed by atoms with Gasteiger partial charge < -0.3 is 10.4 Å². The zero-order valence-corrected chi connectivity index (χ0v) is 18.5. The maximum atomic E-state index is 11.1.